The number of fused-ring (bicyclic) bond motifs is 5. The van der Waals surface area contributed by atoms with E-state index in [4.69, 9.17) is 4.74 Å². The number of benzene rings is 1. The lowest BCUT2D eigenvalue weighted by atomic mass is 9.81. The van der Waals surface area contributed by atoms with Crippen LogP contribution >= 0.6 is 0 Å². The highest BCUT2D eigenvalue weighted by molar-refractivity contribution is 6.22. The number of carbonyl (C=O) groups excluding carboxylic acids is 3. The molecule has 0 aromatic heterocycles. The lowest BCUT2D eigenvalue weighted by molar-refractivity contribution is -0.123. The first-order chi connectivity index (χ1) is 11.1. The molecule has 0 radical (unpaired) electrons. The highest BCUT2D eigenvalue weighted by Crippen LogP contribution is 2.56. The predicted octanol–water partition coefficient (Wildman–Crippen LogP) is 2.40. The van der Waals surface area contributed by atoms with Crippen molar-refractivity contribution in [3.63, 3.8) is 0 Å². The molecule has 1 saturated heterocycles. The van der Waals surface area contributed by atoms with Crippen molar-refractivity contribution in [2.24, 2.45) is 23.7 Å². The van der Waals surface area contributed by atoms with Gasteiger partial charge in [0, 0.05) is 0 Å². The molecule has 4 atom stereocenters. The molecule has 0 spiro atoms. The number of anilines is 1. The molecule has 2 saturated carbocycles. The van der Waals surface area contributed by atoms with Gasteiger partial charge in [-0.1, -0.05) is 6.07 Å². The standard InChI is InChI=1S/C18H19NO4/c1-2-23-18(22)12-4-3-5-13(9-12)19-16(20)14-10-6-7-11(8-10)15(14)17(19)21/h3-5,9-11,14-15H,2,6-8H2,1H3/t10-,11+,14-,15+. The van der Waals surface area contributed by atoms with Crippen LogP contribution in [0.25, 0.3) is 0 Å². The minimum Gasteiger partial charge on any atom is -0.462 e. The molecule has 3 aliphatic rings. The number of hydrogen-bond donors (Lipinski definition) is 0. The number of carbonyl (C=O) groups is 3. The van der Waals surface area contributed by atoms with Gasteiger partial charge < -0.3 is 4.74 Å². The lowest BCUT2D eigenvalue weighted by Crippen LogP contribution is -2.32. The second kappa shape index (κ2) is 5.18. The maximum absolute atomic E-state index is 12.8. The molecule has 2 amide bonds. The molecule has 1 aromatic rings. The van der Waals surface area contributed by atoms with E-state index < -0.39 is 5.97 Å². The molecule has 2 bridgehead atoms. The van der Waals surface area contributed by atoms with Crippen LogP contribution in [0.5, 0.6) is 0 Å². The molecule has 4 rings (SSSR count). The molecule has 120 valence electrons. The molecule has 0 N–H and O–H groups in total. The zero-order valence-electron chi connectivity index (χ0n) is 13.0. The molecule has 1 aliphatic heterocycles. The number of ether oxygens (including phenoxy) is 1. The summed E-state index contributed by atoms with van der Waals surface area (Å²) in [6.45, 7) is 2.03. The van der Waals surface area contributed by atoms with Crippen molar-refractivity contribution in [1.82, 2.24) is 0 Å². The van der Waals surface area contributed by atoms with Crippen molar-refractivity contribution < 1.29 is 19.1 Å². The molecular weight excluding hydrogens is 294 g/mol. The van der Waals surface area contributed by atoms with Crippen LogP contribution in [-0.2, 0) is 14.3 Å². The van der Waals surface area contributed by atoms with Gasteiger partial charge in [0.05, 0.1) is 29.7 Å². The zero-order valence-corrected chi connectivity index (χ0v) is 13.0. The Balaban J connectivity index is 1.66. The Morgan fingerprint density at radius 2 is 1.83 bits per heavy atom. The molecule has 0 unspecified atom stereocenters. The first kappa shape index (κ1) is 14.4. The van der Waals surface area contributed by atoms with Gasteiger partial charge in [0.15, 0.2) is 0 Å². The Kier molecular flexibility index (Phi) is 3.25. The van der Waals surface area contributed by atoms with E-state index in [0.717, 1.165) is 19.3 Å². The summed E-state index contributed by atoms with van der Waals surface area (Å²) in [6.07, 6.45) is 3.13. The third-order valence-electron chi connectivity index (χ3n) is 5.54. The molecule has 2 aliphatic carbocycles. The Bertz CT molecular complexity index is 670. The van der Waals surface area contributed by atoms with Gasteiger partial charge in [-0.05, 0) is 56.2 Å². The quantitative estimate of drug-likeness (QED) is 0.635. The number of nitrogens with zero attached hydrogens (tertiary/aromatic N) is 1. The van der Waals surface area contributed by atoms with Crippen molar-refractivity contribution in [2.75, 3.05) is 11.5 Å². The minimum absolute atomic E-state index is 0.0896. The highest BCUT2D eigenvalue weighted by atomic mass is 16.5. The first-order valence-corrected chi connectivity index (χ1v) is 8.26. The summed E-state index contributed by atoms with van der Waals surface area (Å²) in [6, 6.07) is 6.61. The van der Waals surface area contributed by atoms with Gasteiger partial charge in [-0.15, -0.1) is 0 Å². The fourth-order valence-corrected chi connectivity index (χ4v) is 4.65. The number of rotatable bonds is 3. The maximum atomic E-state index is 12.8. The second-order valence-corrected chi connectivity index (χ2v) is 6.67. The number of hydrogen-bond acceptors (Lipinski definition) is 4. The van der Waals surface area contributed by atoms with Gasteiger partial charge >= 0.3 is 5.97 Å². The smallest absolute Gasteiger partial charge is 0.338 e. The molecule has 5 heteroatoms. The van der Waals surface area contributed by atoms with Gasteiger partial charge in [0.25, 0.3) is 0 Å². The van der Waals surface area contributed by atoms with Crippen LogP contribution in [0.1, 0.15) is 36.5 Å². The van der Waals surface area contributed by atoms with Crippen molar-refractivity contribution in [3.8, 4) is 0 Å². The van der Waals surface area contributed by atoms with Crippen LogP contribution in [-0.4, -0.2) is 24.4 Å². The summed E-state index contributed by atoms with van der Waals surface area (Å²) in [4.78, 5) is 38.7. The summed E-state index contributed by atoms with van der Waals surface area (Å²) in [5, 5.41) is 0. The molecule has 3 fully saturated rings. The molecule has 23 heavy (non-hydrogen) atoms. The number of amides is 2. The second-order valence-electron chi connectivity index (χ2n) is 6.67. The Morgan fingerprint density at radius 1 is 1.17 bits per heavy atom. The van der Waals surface area contributed by atoms with Gasteiger partial charge in [0.1, 0.15) is 0 Å². The maximum Gasteiger partial charge on any atom is 0.338 e. The van der Waals surface area contributed by atoms with Crippen molar-refractivity contribution in [3.05, 3.63) is 29.8 Å². The summed E-state index contributed by atoms with van der Waals surface area (Å²) in [5.41, 5.74) is 0.851. The number of imide groups is 1. The lowest BCUT2D eigenvalue weighted by Gasteiger charge is -2.19. The van der Waals surface area contributed by atoms with Crippen LogP contribution in [0, 0.1) is 23.7 Å². The van der Waals surface area contributed by atoms with E-state index in [1.54, 1.807) is 31.2 Å². The normalized spacial score (nSPS) is 31.6. The third kappa shape index (κ3) is 2.02. The monoisotopic (exact) mass is 313 g/mol. The molecular formula is C18H19NO4. The van der Waals surface area contributed by atoms with E-state index in [-0.39, 0.29) is 30.3 Å². The van der Waals surface area contributed by atoms with Crippen molar-refractivity contribution in [2.45, 2.75) is 26.2 Å². The van der Waals surface area contributed by atoms with E-state index in [9.17, 15) is 14.4 Å². The predicted molar refractivity (Wildman–Crippen MR) is 82.7 cm³/mol. The van der Waals surface area contributed by atoms with E-state index in [1.165, 1.54) is 4.90 Å². The summed E-state index contributed by atoms with van der Waals surface area (Å²) in [5.74, 6) is -0.186. The van der Waals surface area contributed by atoms with Crippen LogP contribution in [0.2, 0.25) is 0 Å². The fourth-order valence-electron chi connectivity index (χ4n) is 4.65. The molecule has 1 aromatic carbocycles. The number of esters is 1. The first-order valence-electron chi connectivity index (χ1n) is 8.26. The topological polar surface area (TPSA) is 63.7 Å². The van der Waals surface area contributed by atoms with Crippen molar-refractivity contribution in [1.29, 1.82) is 0 Å². The summed E-state index contributed by atoms with van der Waals surface area (Å²) < 4.78 is 4.99. The average molecular weight is 313 g/mol. The molecule has 1 heterocycles. The molecule has 5 nitrogen and oxygen atoms in total. The van der Waals surface area contributed by atoms with E-state index in [1.807, 2.05) is 0 Å². The third-order valence-corrected chi connectivity index (χ3v) is 5.54. The summed E-state index contributed by atoms with van der Waals surface area (Å²) in [7, 11) is 0. The van der Waals surface area contributed by atoms with E-state index in [2.05, 4.69) is 0 Å². The summed E-state index contributed by atoms with van der Waals surface area (Å²) >= 11 is 0. The zero-order chi connectivity index (χ0) is 16.1. The minimum atomic E-state index is -0.436. The van der Waals surface area contributed by atoms with Crippen LogP contribution in [0.3, 0.4) is 0 Å². The van der Waals surface area contributed by atoms with E-state index in [0.29, 0.717) is 23.1 Å². The van der Waals surface area contributed by atoms with Crippen LogP contribution in [0.4, 0.5) is 5.69 Å². The Labute approximate surface area is 134 Å². The van der Waals surface area contributed by atoms with E-state index >= 15 is 0 Å². The Hall–Kier alpha value is -2.17. The van der Waals surface area contributed by atoms with Crippen LogP contribution in [0.15, 0.2) is 24.3 Å². The van der Waals surface area contributed by atoms with Crippen LogP contribution < -0.4 is 4.90 Å². The SMILES string of the molecule is CCOC(=O)c1cccc(N2C(=O)[C@@H]3[C@@H]4CC[C@@H](C4)[C@@H]3C2=O)c1. The highest BCUT2D eigenvalue weighted by Gasteiger charge is 2.61. The fraction of sp³-hybridized carbons (Fsp3) is 0.500. The van der Waals surface area contributed by atoms with Gasteiger partial charge in [-0.25, -0.2) is 4.79 Å². The van der Waals surface area contributed by atoms with Gasteiger partial charge in [-0.3, -0.25) is 14.5 Å². The van der Waals surface area contributed by atoms with Gasteiger partial charge in [-0.2, -0.15) is 0 Å². The average Bonchev–Trinajstić information content (AvgIpc) is 3.22. The largest absolute Gasteiger partial charge is 0.462 e. The Morgan fingerprint density at radius 3 is 2.43 bits per heavy atom. The van der Waals surface area contributed by atoms with Gasteiger partial charge in [0.2, 0.25) is 11.8 Å². The van der Waals surface area contributed by atoms with Crippen molar-refractivity contribution >= 4 is 23.5 Å².